The van der Waals surface area contributed by atoms with Crippen molar-refractivity contribution in [3.63, 3.8) is 0 Å². The number of hydrogen-bond donors (Lipinski definition) is 1. The zero-order chi connectivity index (χ0) is 24.5. The molecule has 0 saturated carbocycles. The lowest BCUT2D eigenvalue weighted by molar-refractivity contribution is -0.138. The first-order chi connectivity index (χ1) is 17.0. The van der Waals surface area contributed by atoms with Gasteiger partial charge in [-0.1, -0.05) is 64.5 Å². The van der Waals surface area contributed by atoms with Gasteiger partial charge in [0.25, 0.3) is 0 Å². The van der Waals surface area contributed by atoms with Crippen LogP contribution in [0.25, 0.3) is 5.70 Å². The van der Waals surface area contributed by atoms with Crippen molar-refractivity contribution in [3.05, 3.63) is 116 Å². The summed E-state index contributed by atoms with van der Waals surface area (Å²) in [5, 5.41) is 3.32. The molecule has 35 heavy (non-hydrogen) atoms. The van der Waals surface area contributed by atoms with Crippen molar-refractivity contribution in [2.24, 2.45) is 0 Å². The highest BCUT2D eigenvalue weighted by Crippen LogP contribution is 2.46. The number of rotatable bonds is 6. The number of esters is 1. The summed E-state index contributed by atoms with van der Waals surface area (Å²) in [6.07, 6.45) is 0. The van der Waals surface area contributed by atoms with Crippen LogP contribution in [-0.2, 0) is 16.1 Å². The molecule has 0 aromatic heterocycles. The van der Waals surface area contributed by atoms with Crippen molar-refractivity contribution >= 4 is 33.4 Å². The lowest BCUT2D eigenvalue weighted by Crippen LogP contribution is -2.29. The monoisotopic (exact) mass is 529 g/mol. The molecule has 1 aliphatic carbocycles. The van der Waals surface area contributed by atoms with E-state index in [1.165, 1.54) is 0 Å². The number of dihydropyridines is 1. The molecular weight excluding hydrogens is 506 g/mol. The summed E-state index contributed by atoms with van der Waals surface area (Å²) in [6, 6.07) is 23.1. The third kappa shape index (κ3) is 4.30. The van der Waals surface area contributed by atoms with Crippen LogP contribution in [0.2, 0.25) is 0 Å². The predicted octanol–water partition coefficient (Wildman–Crippen LogP) is 6.16. The molecule has 1 heterocycles. The van der Waals surface area contributed by atoms with Gasteiger partial charge in [0.05, 0.1) is 17.9 Å². The Kier molecular flexibility index (Phi) is 6.31. The first-order valence-corrected chi connectivity index (χ1v) is 12.3. The molecule has 1 atom stereocenters. The Balaban J connectivity index is 1.49. The van der Waals surface area contributed by atoms with Crippen molar-refractivity contribution in [1.82, 2.24) is 5.32 Å². The Morgan fingerprint density at radius 2 is 1.66 bits per heavy atom. The standard InChI is InChI=1S/C29H24BrNO4/c1-3-34-29(33)24-17(2)31-27-22-6-4-5-7-23(22)28(32)26(27)25(24)19-10-14-21(15-11-19)35-16-18-8-12-20(30)13-9-18/h4-15,25,31H,3,16H2,1-2H3/t25-/m0/s1. The quantitative estimate of drug-likeness (QED) is 0.387. The van der Waals surface area contributed by atoms with E-state index in [9.17, 15) is 9.59 Å². The maximum absolute atomic E-state index is 13.5. The number of benzene rings is 3. The number of ether oxygens (including phenoxy) is 2. The van der Waals surface area contributed by atoms with Crippen LogP contribution >= 0.6 is 15.9 Å². The molecule has 0 bridgehead atoms. The largest absolute Gasteiger partial charge is 0.489 e. The van der Waals surface area contributed by atoms with E-state index in [4.69, 9.17) is 9.47 Å². The van der Waals surface area contributed by atoms with E-state index in [0.29, 0.717) is 34.8 Å². The number of carbonyl (C=O) groups excluding carboxylic acids is 2. The highest BCUT2D eigenvalue weighted by molar-refractivity contribution is 9.10. The summed E-state index contributed by atoms with van der Waals surface area (Å²) in [5.41, 5.74) is 5.86. The van der Waals surface area contributed by atoms with Crippen molar-refractivity contribution < 1.29 is 19.1 Å². The molecule has 6 heteroatoms. The maximum Gasteiger partial charge on any atom is 0.336 e. The lowest BCUT2D eigenvalue weighted by atomic mass is 9.80. The van der Waals surface area contributed by atoms with Gasteiger partial charge >= 0.3 is 5.97 Å². The van der Waals surface area contributed by atoms with Gasteiger partial charge in [-0.15, -0.1) is 0 Å². The Morgan fingerprint density at radius 1 is 0.971 bits per heavy atom. The van der Waals surface area contributed by atoms with Crippen molar-refractivity contribution in [3.8, 4) is 5.75 Å². The Morgan fingerprint density at radius 3 is 2.34 bits per heavy atom. The number of nitrogens with one attached hydrogen (secondary N) is 1. The summed E-state index contributed by atoms with van der Waals surface area (Å²) < 4.78 is 12.4. The number of fused-ring (bicyclic) bond motifs is 2. The first-order valence-electron chi connectivity index (χ1n) is 11.5. The van der Waals surface area contributed by atoms with Crippen LogP contribution in [0.3, 0.4) is 0 Å². The van der Waals surface area contributed by atoms with Gasteiger partial charge in [-0.25, -0.2) is 4.79 Å². The van der Waals surface area contributed by atoms with Gasteiger partial charge in [0, 0.05) is 32.8 Å². The van der Waals surface area contributed by atoms with Gasteiger partial charge in [0.2, 0.25) is 0 Å². The van der Waals surface area contributed by atoms with Crippen LogP contribution in [0.4, 0.5) is 0 Å². The van der Waals surface area contributed by atoms with E-state index in [1.807, 2.05) is 79.7 Å². The fraction of sp³-hybridized carbons (Fsp3) is 0.172. The average molecular weight is 530 g/mol. The van der Waals surface area contributed by atoms with E-state index in [2.05, 4.69) is 21.2 Å². The minimum absolute atomic E-state index is 0.0713. The van der Waals surface area contributed by atoms with Gasteiger partial charge in [-0.05, 0) is 49.2 Å². The minimum atomic E-state index is -0.536. The molecule has 2 aliphatic rings. The fourth-order valence-corrected chi connectivity index (χ4v) is 4.91. The highest BCUT2D eigenvalue weighted by atomic mass is 79.9. The number of carbonyl (C=O) groups is 2. The number of ketones is 1. The third-order valence-corrected chi connectivity index (χ3v) is 6.81. The number of hydrogen-bond acceptors (Lipinski definition) is 5. The molecule has 5 nitrogen and oxygen atoms in total. The SMILES string of the molecule is CCOC(=O)C1=C(C)NC2=C(C(=O)c3ccccc32)[C@H]1c1ccc(OCc2ccc(Br)cc2)cc1. The molecule has 3 aromatic rings. The van der Waals surface area contributed by atoms with Crippen LogP contribution in [0, 0.1) is 0 Å². The molecule has 0 amide bonds. The van der Waals surface area contributed by atoms with Crippen LogP contribution in [0.1, 0.15) is 46.8 Å². The molecular formula is C29H24BrNO4. The normalized spacial score (nSPS) is 16.5. The van der Waals surface area contributed by atoms with Gasteiger partial charge in [0.15, 0.2) is 5.78 Å². The third-order valence-electron chi connectivity index (χ3n) is 6.28. The first kappa shape index (κ1) is 23.1. The highest BCUT2D eigenvalue weighted by Gasteiger charge is 2.42. The van der Waals surface area contributed by atoms with Crippen LogP contribution in [0.15, 0.2) is 94.1 Å². The second-order valence-electron chi connectivity index (χ2n) is 8.46. The number of halogens is 1. The Labute approximate surface area is 212 Å². The van der Waals surface area contributed by atoms with Crippen LogP contribution in [0.5, 0.6) is 5.75 Å². The van der Waals surface area contributed by atoms with E-state index in [-0.39, 0.29) is 12.4 Å². The molecule has 0 fully saturated rings. The molecule has 0 saturated heterocycles. The van der Waals surface area contributed by atoms with E-state index in [1.54, 1.807) is 6.92 Å². The zero-order valence-corrected chi connectivity index (χ0v) is 21.0. The van der Waals surface area contributed by atoms with E-state index in [0.717, 1.165) is 26.9 Å². The summed E-state index contributed by atoms with van der Waals surface area (Å²) in [6.45, 7) is 4.32. The zero-order valence-electron chi connectivity index (χ0n) is 19.4. The molecule has 1 aliphatic heterocycles. The smallest absolute Gasteiger partial charge is 0.336 e. The Hall–Kier alpha value is -3.64. The molecule has 5 rings (SSSR count). The minimum Gasteiger partial charge on any atom is -0.489 e. The maximum atomic E-state index is 13.5. The lowest BCUT2D eigenvalue weighted by Gasteiger charge is -2.29. The summed E-state index contributed by atoms with van der Waals surface area (Å²) in [4.78, 5) is 26.5. The molecule has 0 spiro atoms. The van der Waals surface area contributed by atoms with E-state index < -0.39 is 11.9 Å². The summed E-state index contributed by atoms with van der Waals surface area (Å²) in [7, 11) is 0. The summed E-state index contributed by atoms with van der Waals surface area (Å²) in [5.74, 6) is -0.323. The van der Waals surface area contributed by atoms with Gasteiger partial charge < -0.3 is 14.8 Å². The van der Waals surface area contributed by atoms with Crippen molar-refractivity contribution in [1.29, 1.82) is 0 Å². The Bertz CT molecular complexity index is 1370. The fourth-order valence-electron chi connectivity index (χ4n) is 4.65. The van der Waals surface area contributed by atoms with E-state index >= 15 is 0 Å². The van der Waals surface area contributed by atoms with Crippen LogP contribution in [-0.4, -0.2) is 18.4 Å². The van der Waals surface area contributed by atoms with Crippen molar-refractivity contribution in [2.75, 3.05) is 6.61 Å². The second kappa shape index (κ2) is 9.55. The molecule has 1 N–H and O–H groups in total. The number of Topliss-reactive ketones (excluding diaryl/α,β-unsaturated/α-hetero) is 1. The van der Waals surface area contributed by atoms with Gasteiger partial charge in [-0.2, -0.15) is 0 Å². The second-order valence-corrected chi connectivity index (χ2v) is 9.38. The predicted molar refractivity (Wildman–Crippen MR) is 138 cm³/mol. The topological polar surface area (TPSA) is 64.6 Å². The molecule has 0 unspecified atom stereocenters. The summed E-state index contributed by atoms with van der Waals surface area (Å²) >= 11 is 3.44. The van der Waals surface area contributed by atoms with Gasteiger partial charge in [-0.3, -0.25) is 4.79 Å². The van der Waals surface area contributed by atoms with Gasteiger partial charge in [0.1, 0.15) is 12.4 Å². The molecule has 0 radical (unpaired) electrons. The average Bonchev–Trinajstić information content (AvgIpc) is 3.15. The molecule has 3 aromatic carbocycles. The van der Waals surface area contributed by atoms with Crippen LogP contribution < -0.4 is 10.1 Å². The van der Waals surface area contributed by atoms with Crippen molar-refractivity contribution in [2.45, 2.75) is 26.4 Å². The number of allylic oxidation sites excluding steroid dienone is 2. The molecule has 176 valence electrons.